The van der Waals surface area contributed by atoms with Gasteiger partial charge in [-0.1, -0.05) is 204 Å². The molecule has 4 unspecified atom stereocenters. The summed E-state index contributed by atoms with van der Waals surface area (Å²) in [6, 6.07) is 54.6. The van der Waals surface area contributed by atoms with E-state index in [1.54, 1.807) is 58.0 Å². The highest BCUT2D eigenvalue weighted by Gasteiger charge is 2.38. The van der Waals surface area contributed by atoms with Gasteiger partial charge in [0.15, 0.2) is 11.6 Å². The Morgan fingerprint density at radius 1 is 0.267 bits per heavy atom. The summed E-state index contributed by atoms with van der Waals surface area (Å²) in [7, 11) is 0. The highest BCUT2D eigenvalue weighted by molar-refractivity contribution is 5.87. The van der Waals surface area contributed by atoms with Crippen LogP contribution >= 0.6 is 0 Å². The smallest absolute Gasteiger partial charge is 0.368 e. The van der Waals surface area contributed by atoms with E-state index in [0.29, 0.717) is 92.0 Å². The Kier molecular flexibility index (Phi) is 42.3. The van der Waals surface area contributed by atoms with Gasteiger partial charge in [-0.2, -0.15) is 65.9 Å². The zero-order valence-corrected chi connectivity index (χ0v) is 89.4. The van der Waals surface area contributed by atoms with Gasteiger partial charge in [0.2, 0.25) is 0 Å². The number of benzene rings is 10. The molecule has 0 radical (unpaired) electrons. The Hall–Kier alpha value is -10.8. The third-order valence-electron chi connectivity index (χ3n) is 29.5. The first kappa shape index (κ1) is 119. The Bertz CT molecular complexity index is 6010. The van der Waals surface area contributed by atoms with Crippen molar-refractivity contribution in [3.05, 3.63) is 296 Å². The van der Waals surface area contributed by atoms with Crippen LogP contribution in [0.3, 0.4) is 0 Å². The molecule has 0 aliphatic carbocycles. The first-order valence-corrected chi connectivity index (χ1v) is 53.1. The van der Waals surface area contributed by atoms with E-state index < -0.39 is 70.3 Å². The second kappa shape index (κ2) is 53.1. The number of rotatable bonds is 34. The van der Waals surface area contributed by atoms with Crippen molar-refractivity contribution in [1.29, 1.82) is 0 Å². The van der Waals surface area contributed by atoms with Gasteiger partial charge in [-0.05, 0) is 391 Å². The maximum absolute atomic E-state index is 13.7. The molecule has 0 spiro atoms. The lowest BCUT2D eigenvalue weighted by atomic mass is 9.81. The van der Waals surface area contributed by atoms with Gasteiger partial charge in [0.05, 0.1) is 27.8 Å². The second-order valence-corrected chi connectivity index (χ2v) is 44.2. The van der Waals surface area contributed by atoms with E-state index >= 15 is 0 Å². The molecule has 10 aromatic rings. The summed E-state index contributed by atoms with van der Waals surface area (Å²) in [6.07, 6.45) is -9.47. The minimum atomic E-state index is -4.42. The van der Waals surface area contributed by atoms with E-state index in [9.17, 15) is 93.8 Å². The van der Waals surface area contributed by atoms with Crippen LogP contribution in [-0.4, -0.2) is 116 Å². The summed E-state index contributed by atoms with van der Waals surface area (Å²) in [5.74, 6) is 1.27. The SMILES string of the molecule is CC(=O)C(CC(C)C)c1cc(-c2ccc(C(F)(F)F)cc2)cc(C2CCN(CCC(C)C)CC2)c1.CC(=O)C(CC(C)C)c1cc(-c2ccc(C(F)(F)F)cc2)cc(C2CCN(CCCC(C)C)CC2)c1.CC(=O)C(CC(C)C)c1cc(-c2ccc(C(F)(F)F)cc2)cc(C2CCN(Cc3ccc(C(F)(F)F)cc3)CC2)c1.CC(=O)C(CC(C)C)c1cc(-c2ccc(C(F)(F)F)cc2)cc(N2CCN(c3ccc(F)c(F)c3)CC2)c1. The number of carbonyl (C=O) groups is 4. The summed E-state index contributed by atoms with van der Waals surface area (Å²) in [5, 5.41) is 0. The molecule has 4 aliphatic rings. The fraction of sp³-hybridized carbons (Fsp3) is 0.484. The van der Waals surface area contributed by atoms with Crippen molar-refractivity contribution in [2.24, 2.45) is 35.5 Å². The average molecular weight is 2100 g/mol. The van der Waals surface area contributed by atoms with Crippen LogP contribution in [-0.2, 0) is 56.6 Å². The van der Waals surface area contributed by atoms with Crippen molar-refractivity contribution in [3.8, 4) is 44.5 Å². The van der Waals surface area contributed by atoms with E-state index in [-0.39, 0.29) is 64.6 Å². The topological polar surface area (TPSA) is 84.5 Å². The van der Waals surface area contributed by atoms with Gasteiger partial charge in [0.25, 0.3) is 0 Å². The van der Waals surface area contributed by atoms with Crippen LogP contribution in [0.2, 0.25) is 0 Å². The van der Waals surface area contributed by atoms with Crippen molar-refractivity contribution in [1.82, 2.24) is 14.7 Å². The maximum Gasteiger partial charge on any atom is 0.416 e. The minimum absolute atomic E-state index is 0.0392. The molecule has 9 nitrogen and oxygen atoms in total. The second-order valence-electron chi connectivity index (χ2n) is 44.2. The monoisotopic (exact) mass is 2090 g/mol. The van der Waals surface area contributed by atoms with Crippen molar-refractivity contribution >= 4 is 34.5 Å². The quantitative estimate of drug-likeness (QED) is 0.0366. The van der Waals surface area contributed by atoms with Crippen LogP contribution in [0.15, 0.2) is 212 Å². The van der Waals surface area contributed by atoms with E-state index in [1.807, 2.05) is 61.2 Å². The molecule has 4 aliphatic heterocycles. The summed E-state index contributed by atoms with van der Waals surface area (Å²) in [6.45, 7) is 43.1. The van der Waals surface area contributed by atoms with Gasteiger partial charge in [0.1, 0.15) is 23.1 Å². The molecular formula is C124H148F17N5O4. The Labute approximate surface area is 876 Å². The first-order valence-electron chi connectivity index (χ1n) is 53.1. The number of carbonyl (C=O) groups excluding carboxylic acids is 4. The number of halogens is 17. The Morgan fingerprint density at radius 2 is 0.533 bits per heavy atom. The molecule has 14 rings (SSSR count). The van der Waals surface area contributed by atoms with Crippen LogP contribution in [0.5, 0.6) is 0 Å². The number of hydrogen-bond acceptors (Lipinski definition) is 9. The summed E-state index contributed by atoms with van der Waals surface area (Å²) in [4.78, 5) is 62.0. The molecule has 812 valence electrons. The van der Waals surface area contributed by atoms with Crippen LogP contribution < -0.4 is 9.80 Å². The number of likely N-dealkylation sites (tertiary alicyclic amines) is 3. The van der Waals surface area contributed by atoms with Crippen LogP contribution in [0.4, 0.5) is 86.0 Å². The van der Waals surface area contributed by atoms with Gasteiger partial charge in [-0.3, -0.25) is 24.1 Å². The zero-order chi connectivity index (χ0) is 110. The molecular weight excluding hydrogens is 1950 g/mol. The van der Waals surface area contributed by atoms with Crippen LogP contribution in [0.1, 0.15) is 308 Å². The molecule has 150 heavy (non-hydrogen) atoms. The first-order chi connectivity index (χ1) is 70.5. The number of ketones is 4. The number of hydrogen-bond donors (Lipinski definition) is 0. The third kappa shape index (κ3) is 35.1. The Morgan fingerprint density at radius 3 is 0.807 bits per heavy atom. The molecule has 0 aromatic heterocycles. The predicted molar refractivity (Wildman–Crippen MR) is 569 cm³/mol. The fourth-order valence-corrected chi connectivity index (χ4v) is 21.0. The van der Waals surface area contributed by atoms with Crippen molar-refractivity contribution in [2.45, 2.75) is 273 Å². The minimum Gasteiger partial charge on any atom is -0.368 e. The van der Waals surface area contributed by atoms with E-state index in [0.717, 1.165) is 249 Å². The molecule has 0 amide bonds. The highest BCUT2D eigenvalue weighted by Crippen LogP contribution is 2.46. The number of nitrogens with zero attached hydrogens (tertiary/aromatic N) is 5. The van der Waals surface area contributed by atoms with Crippen molar-refractivity contribution < 1.29 is 93.8 Å². The molecule has 26 heteroatoms. The van der Waals surface area contributed by atoms with Crippen LogP contribution in [0, 0.1) is 47.1 Å². The van der Waals surface area contributed by atoms with E-state index in [1.165, 1.54) is 72.9 Å². The lowest BCUT2D eigenvalue weighted by molar-refractivity contribution is -0.138. The summed E-state index contributed by atoms with van der Waals surface area (Å²) < 4.78 is 223. The Balaban J connectivity index is 0.000000190. The lowest BCUT2D eigenvalue weighted by Crippen LogP contribution is -2.46. The maximum atomic E-state index is 13.7. The normalized spacial score (nSPS) is 16.2. The van der Waals surface area contributed by atoms with Crippen molar-refractivity contribution in [3.63, 3.8) is 0 Å². The molecule has 4 heterocycles. The van der Waals surface area contributed by atoms with Gasteiger partial charge in [0, 0.05) is 73.8 Å². The summed E-state index contributed by atoms with van der Waals surface area (Å²) in [5.41, 5.74) is 12.2. The number of piperazine rings is 1. The third-order valence-corrected chi connectivity index (χ3v) is 29.5. The zero-order valence-electron chi connectivity index (χ0n) is 89.4. The van der Waals surface area contributed by atoms with Crippen molar-refractivity contribution in [2.75, 3.05) is 88.3 Å². The lowest BCUT2D eigenvalue weighted by Gasteiger charge is -2.38. The standard InChI is InChI=1S/C33H35F6NO.C31H42F3NO.C30H31F5N2O.C30H40F3NO/c1-21(2)16-31(22(3)41)28-18-26(24-6-10-30(11-7-24)33(37,38)39)17-27(19-28)25-12-14-40(15-13-25)20-23-4-8-29(9-5-23)32(34,35)36;1-21(2)7-6-14-35-15-12-25(13-16-35)27-18-26(24-8-10-29(11-9-24)31(32,33)34)19-28(20-27)30(23(5)36)17-22(3)4;1-19(2)14-27(20(3)38)23-15-22(21-4-6-24(7-5-21)30(33,34)35)16-26(17-23)37-12-10-36(11-13-37)25-8-9-28(31)29(32)18-25;1-20(2)10-13-34-14-11-24(12-15-34)26-17-25(23-6-8-28(9-7-23)30(31,32)33)18-27(19-26)29(22(5)35)16-21(3)4/h4-11,17-19,21,25,31H,12-16,20H2,1-3H3;8-11,18-22,25,30H,6-7,12-17H2,1-5H3;4-9,15-19,27H,10-14H2,1-3H3;6-9,17-21,24,29H,10-16H2,1-5H3. The summed E-state index contributed by atoms with van der Waals surface area (Å²) >= 11 is 0. The highest BCUT2D eigenvalue weighted by atomic mass is 19.4. The molecule has 4 saturated heterocycles. The number of alkyl halides is 15. The van der Waals surface area contributed by atoms with E-state index in [4.69, 9.17) is 0 Å². The van der Waals surface area contributed by atoms with Gasteiger partial charge >= 0.3 is 30.9 Å². The molecule has 4 atom stereocenters. The number of anilines is 2. The van der Waals surface area contributed by atoms with Gasteiger partial charge < -0.3 is 19.6 Å². The van der Waals surface area contributed by atoms with E-state index in [2.05, 4.69) is 119 Å². The average Bonchev–Trinajstić information content (AvgIpc) is 0.803. The van der Waals surface area contributed by atoms with Crippen LogP contribution in [0.25, 0.3) is 44.5 Å². The van der Waals surface area contributed by atoms with Gasteiger partial charge in [-0.25, -0.2) is 8.78 Å². The largest absolute Gasteiger partial charge is 0.416 e. The molecule has 4 fully saturated rings. The number of Topliss-reactive ketones (excluding diaryl/α,β-unsaturated/α-hetero) is 4. The predicted octanol–water partition coefficient (Wildman–Crippen LogP) is 34.2. The molecule has 0 saturated carbocycles. The molecule has 0 bridgehead atoms. The molecule has 10 aromatic carbocycles. The number of piperidine rings is 3. The fourth-order valence-electron chi connectivity index (χ4n) is 21.0. The van der Waals surface area contributed by atoms with Gasteiger partial charge in [-0.15, -0.1) is 0 Å². The molecule has 0 N–H and O–H groups in total.